The maximum Gasteiger partial charge on any atom is 0.403 e. The number of carbonyl (C=O) groups excluding carboxylic acids is 2. The summed E-state index contributed by atoms with van der Waals surface area (Å²) >= 11 is 0. The van der Waals surface area contributed by atoms with Crippen molar-refractivity contribution in [2.24, 2.45) is 11.3 Å². The van der Waals surface area contributed by atoms with Crippen LogP contribution in [0, 0.1) is 11.3 Å². The van der Waals surface area contributed by atoms with Crippen LogP contribution in [0.3, 0.4) is 0 Å². The van der Waals surface area contributed by atoms with Gasteiger partial charge in [0.1, 0.15) is 11.2 Å². The quantitative estimate of drug-likeness (QED) is 0.437. The molecule has 3 heterocycles. The SMILES string of the molecule is CCOc1ccccc1-c1ccc(N2CCN(C(=O)C3(C(F)(F)F)CCCC3)C[C@H]2CC)c(C(=O)NCC2CN(C)C2)n1. The highest BCUT2D eigenvalue weighted by Crippen LogP contribution is 2.52. The van der Waals surface area contributed by atoms with Crippen molar-refractivity contribution < 1.29 is 27.5 Å². The highest BCUT2D eigenvalue weighted by molar-refractivity contribution is 5.98. The molecule has 0 bridgehead atoms. The third-order valence-electron chi connectivity index (χ3n) is 9.20. The standard InChI is InChI=1S/C32H42F3N5O3/c1-4-23-21-39(30(42)31(32(33,34)35)14-8-9-15-31)16-17-40(23)26-13-12-25(24-10-6-7-11-27(24)43-5-2)37-28(26)29(41)36-18-22-19-38(3)20-22/h6-7,10-13,22-23H,4-5,8-9,14-21H2,1-3H3,(H,36,41)/t23-/m1/s1. The molecule has 0 spiro atoms. The van der Waals surface area contributed by atoms with Crippen LogP contribution in [0.4, 0.5) is 18.9 Å². The van der Waals surface area contributed by atoms with Crippen LogP contribution in [0.15, 0.2) is 36.4 Å². The normalized spacial score (nSPS) is 21.0. The molecule has 3 fully saturated rings. The summed E-state index contributed by atoms with van der Waals surface area (Å²) in [5.74, 6) is -0.0670. The number of carbonyl (C=O) groups is 2. The van der Waals surface area contributed by atoms with Gasteiger partial charge in [-0.05, 0) is 57.5 Å². The number of hydrogen-bond acceptors (Lipinski definition) is 6. The number of nitrogens with one attached hydrogen (secondary N) is 1. The fraction of sp³-hybridized carbons (Fsp3) is 0.594. The molecule has 5 rings (SSSR count). The van der Waals surface area contributed by atoms with Gasteiger partial charge in [-0.3, -0.25) is 9.59 Å². The van der Waals surface area contributed by atoms with Gasteiger partial charge in [0, 0.05) is 56.8 Å². The number of aromatic nitrogens is 1. The average Bonchev–Trinajstić information content (AvgIpc) is 3.50. The molecule has 0 unspecified atom stereocenters. The first-order valence-corrected chi connectivity index (χ1v) is 15.4. The molecule has 1 aromatic heterocycles. The number of piperazine rings is 1. The van der Waals surface area contributed by atoms with Crippen LogP contribution >= 0.6 is 0 Å². The van der Waals surface area contributed by atoms with E-state index in [1.165, 1.54) is 4.90 Å². The van der Waals surface area contributed by atoms with Crippen molar-refractivity contribution in [3.63, 3.8) is 0 Å². The molecule has 2 saturated heterocycles. The van der Waals surface area contributed by atoms with Crippen LogP contribution < -0.4 is 15.0 Å². The number of amides is 2. The predicted molar refractivity (Wildman–Crippen MR) is 159 cm³/mol. The molecule has 234 valence electrons. The van der Waals surface area contributed by atoms with Gasteiger partial charge in [-0.15, -0.1) is 0 Å². The van der Waals surface area contributed by atoms with Crippen LogP contribution in [0.1, 0.15) is 56.4 Å². The smallest absolute Gasteiger partial charge is 0.403 e. The van der Waals surface area contributed by atoms with Gasteiger partial charge in [0.05, 0.1) is 18.0 Å². The number of hydrogen-bond donors (Lipinski definition) is 1. The number of anilines is 1. The molecule has 1 atom stereocenters. The first-order valence-electron chi connectivity index (χ1n) is 15.4. The number of rotatable bonds is 9. The molecule has 1 saturated carbocycles. The first kappa shape index (κ1) is 31.1. The second-order valence-corrected chi connectivity index (χ2v) is 12.1. The molecule has 2 aliphatic heterocycles. The summed E-state index contributed by atoms with van der Waals surface area (Å²) in [7, 11) is 2.04. The van der Waals surface area contributed by atoms with Crippen molar-refractivity contribution in [2.45, 2.75) is 58.2 Å². The van der Waals surface area contributed by atoms with E-state index in [0.29, 0.717) is 62.0 Å². The van der Waals surface area contributed by atoms with E-state index in [9.17, 15) is 22.8 Å². The summed E-state index contributed by atoms with van der Waals surface area (Å²) in [6.45, 7) is 7.32. The highest BCUT2D eigenvalue weighted by Gasteiger charge is 2.62. The maximum absolute atomic E-state index is 14.2. The Balaban J connectivity index is 1.44. The Morgan fingerprint density at radius 2 is 1.77 bits per heavy atom. The third-order valence-corrected chi connectivity index (χ3v) is 9.20. The number of pyridine rings is 1. The van der Waals surface area contributed by atoms with Crippen molar-refractivity contribution in [1.29, 1.82) is 0 Å². The Bertz CT molecular complexity index is 1310. The van der Waals surface area contributed by atoms with E-state index in [1.807, 2.05) is 62.2 Å². The molecule has 11 heteroatoms. The summed E-state index contributed by atoms with van der Waals surface area (Å²) in [5.41, 5.74) is -0.0484. The number of ether oxygens (including phenoxy) is 1. The molecule has 1 aromatic carbocycles. The van der Waals surface area contributed by atoms with Crippen LogP contribution in [-0.2, 0) is 4.79 Å². The first-order chi connectivity index (χ1) is 20.6. The molecule has 2 aromatic rings. The molecular weight excluding hydrogens is 559 g/mol. The van der Waals surface area contributed by atoms with E-state index in [0.717, 1.165) is 18.7 Å². The zero-order valence-electron chi connectivity index (χ0n) is 25.3. The molecule has 8 nitrogen and oxygen atoms in total. The van der Waals surface area contributed by atoms with Crippen molar-refractivity contribution in [1.82, 2.24) is 20.1 Å². The summed E-state index contributed by atoms with van der Waals surface area (Å²) in [5, 5.41) is 3.06. The average molecular weight is 602 g/mol. The molecule has 1 aliphatic carbocycles. The lowest BCUT2D eigenvalue weighted by Gasteiger charge is -2.45. The number of para-hydroxylation sites is 1. The molecular formula is C32H42F3N5O3. The zero-order chi connectivity index (χ0) is 30.8. The van der Waals surface area contributed by atoms with E-state index in [2.05, 4.69) is 10.2 Å². The molecule has 1 N–H and O–H groups in total. The molecule has 3 aliphatic rings. The lowest BCUT2D eigenvalue weighted by molar-refractivity contribution is -0.226. The van der Waals surface area contributed by atoms with Gasteiger partial charge in [0.15, 0.2) is 5.69 Å². The van der Waals surface area contributed by atoms with Crippen LogP contribution in [-0.4, -0.2) is 91.7 Å². The Morgan fingerprint density at radius 3 is 2.42 bits per heavy atom. The number of benzene rings is 1. The number of halogens is 3. The van der Waals surface area contributed by atoms with Gasteiger partial charge in [-0.2, -0.15) is 13.2 Å². The summed E-state index contributed by atoms with van der Waals surface area (Å²) < 4.78 is 48.4. The molecule has 43 heavy (non-hydrogen) atoms. The monoisotopic (exact) mass is 601 g/mol. The van der Waals surface area contributed by atoms with E-state index >= 15 is 0 Å². The fourth-order valence-corrected chi connectivity index (χ4v) is 6.84. The Kier molecular flexibility index (Phi) is 9.20. The zero-order valence-corrected chi connectivity index (χ0v) is 25.3. The lowest BCUT2D eigenvalue weighted by Crippen LogP contribution is -2.60. The largest absolute Gasteiger partial charge is 0.493 e. The van der Waals surface area contributed by atoms with Crippen LogP contribution in [0.25, 0.3) is 11.3 Å². The van der Waals surface area contributed by atoms with E-state index in [4.69, 9.17) is 9.72 Å². The van der Waals surface area contributed by atoms with Gasteiger partial charge in [-0.1, -0.05) is 31.9 Å². The minimum atomic E-state index is -4.57. The Labute approximate surface area is 251 Å². The van der Waals surface area contributed by atoms with Gasteiger partial charge >= 0.3 is 6.18 Å². The highest BCUT2D eigenvalue weighted by atomic mass is 19.4. The second-order valence-electron chi connectivity index (χ2n) is 12.1. The summed E-state index contributed by atoms with van der Waals surface area (Å²) in [6.07, 6.45) is -3.47. The van der Waals surface area contributed by atoms with Gasteiger partial charge in [0.2, 0.25) is 5.91 Å². The van der Waals surface area contributed by atoms with E-state index < -0.39 is 17.5 Å². The minimum Gasteiger partial charge on any atom is -0.493 e. The van der Waals surface area contributed by atoms with Crippen molar-refractivity contribution >= 4 is 17.5 Å². The van der Waals surface area contributed by atoms with E-state index in [1.54, 1.807) is 0 Å². The molecule has 2 amide bonds. The molecule has 0 radical (unpaired) electrons. The maximum atomic E-state index is 14.2. The second kappa shape index (κ2) is 12.7. The van der Waals surface area contributed by atoms with Crippen molar-refractivity contribution in [3.05, 3.63) is 42.1 Å². The number of alkyl halides is 3. The van der Waals surface area contributed by atoms with Crippen molar-refractivity contribution in [2.75, 3.05) is 57.8 Å². The third kappa shape index (κ3) is 6.18. The Hall–Kier alpha value is -3.34. The minimum absolute atomic E-state index is 0.150. The van der Waals surface area contributed by atoms with Gasteiger partial charge in [-0.25, -0.2) is 4.98 Å². The van der Waals surface area contributed by atoms with E-state index in [-0.39, 0.29) is 43.6 Å². The van der Waals surface area contributed by atoms with Crippen LogP contribution in [0.2, 0.25) is 0 Å². The topological polar surface area (TPSA) is 78.0 Å². The number of likely N-dealkylation sites (tertiary alicyclic amines) is 1. The predicted octanol–water partition coefficient (Wildman–Crippen LogP) is 4.99. The van der Waals surface area contributed by atoms with Crippen molar-refractivity contribution in [3.8, 4) is 17.0 Å². The lowest BCUT2D eigenvalue weighted by atomic mass is 9.83. The summed E-state index contributed by atoms with van der Waals surface area (Å²) in [6, 6.07) is 11.0. The summed E-state index contributed by atoms with van der Waals surface area (Å²) in [4.78, 5) is 37.6. The fourth-order valence-electron chi connectivity index (χ4n) is 6.84. The Morgan fingerprint density at radius 1 is 1.05 bits per heavy atom. The van der Waals surface area contributed by atoms with Gasteiger partial charge in [0.25, 0.3) is 5.91 Å². The van der Waals surface area contributed by atoms with Crippen LogP contribution in [0.5, 0.6) is 5.75 Å². The number of nitrogens with zero attached hydrogens (tertiary/aromatic N) is 4. The van der Waals surface area contributed by atoms with Gasteiger partial charge < -0.3 is 24.8 Å².